The van der Waals surface area contributed by atoms with Crippen molar-refractivity contribution in [1.82, 2.24) is 0 Å². The minimum absolute atomic E-state index is 0.206. The van der Waals surface area contributed by atoms with Gasteiger partial charge >= 0.3 is 23.9 Å². The number of thiophene rings is 1. The van der Waals surface area contributed by atoms with Crippen LogP contribution in [0.25, 0.3) is 6.08 Å². The summed E-state index contributed by atoms with van der Waals surface area (Å²) >= 11 is 1.18. The van der Waals surface area contributed by atoms with E-state index in [4.69, 9.17) is 14.2 Å². The van der Waals surface area contributed by atoms with E-state index in [1.165, 1.54) is 18.3 Å². The van der Waals surface area contributed by atoms with E-state index >= 15 is 0 Å². The molecule has 0 bridgehead atoms. The summed E-state index contributed by atoms with van der Waals surface area (Å²) in [5.74, 6) is -3.48. The molecule has 1 aliphatic carbocycles. The molecule has 1 aliphatic rings. The largest absolute Gasteiger partial charge is 0.478 e. The Kier molecular flexibility index (Phi) is 6.04. The topological polar surface area (TPSA) is 116 Å². The van der Waals surface area contributed by atoms with Gasteiger partial charge in [-0.3, -0.25) is 14.4 Å². The molecule has 8 nitrogen and oxygen atoms in total. The van der Waals surface area contributed by atoms with Crippen molar-refractivity contribution in [1.29, 1.82) is 0 Å². The van der Waals surface area contributed by atoms with Crippen LogP contribution in [0.3, 0.4) is 0 Å². The molecule has 27 heavy (non-hydrogen) atoms. The summed E-state index contributed by atoms with van der Waals surface area (Å²) in [6, 6.07) is 1.58. The SMILES string of the molecule is C/C=C/c1cc2c(s1)[C@@H](OC(C)=O)[C@H](OC(C)=O)C[C@]2(OC(C)=O)C(=O)O. The number of carbonyl (C=O) groups excluding carboxylic acids is 3. The molecule has 0 aromatic carbocycles. The van der Waals surface area contributed by atoms with E-state index in [-0.39, 0.29) is 12.0 Å². The first-order valence-electron chi connectivity index (χ1n) is 8.15. The van der Waals surface area contributed by atoms with E-state index in [1.807, 2.05) is 0 Å². The summed E-state index contributed by atoms with van der Waals surface area (Å²) in [5.41, 5.74) is -1.84. The average molecular weight is 396 g/mol. The maximum atomic E-state index is 12.2. The van der Waals surface area contributed by atoms with E-state index in [0.29, 0.717) is 9.75 Å². The van der Waals surface area contributed by atoms with Crippen LogP contribution in [0.15, 0.2) is 12.1 Å². The quantitative estimate of drug-likeness (QED) is 0.596. The molecule has 1 heterocycles. The fourth-order valence-corrected chi connectivity index (χ4v) is 4.36. The fraction of sp³-hybridized carbons (Fsp3) is 0.444. The van der Waals surface area contributed by atoms with Crippen LogP contribution in [-0.2, 0) is 39.0 Å². The number of hydrogen-bond acceptors (Lipinski definition) is 8. The maximum Gasteiger partial charge on any atom is 0.353 e. The Morgan fingerprint density at radius 2 is 1.78 bits per heavy atom. The molecular weight excluding hydrogens is 376 g/mol. The lowest BCUT2D eigenvalue weighted by atomic mass is 9.79. The van der Waals surface area contributed by atoms with Crippen LogP contribution in [0.1, 0.15) is 55.5 Å². The molecule has 0 saturated heterocycles. The van der Waals surface area contributed by atoms with Gasteiger partial charge in [0.05, 0.1) is 4.88 Å². The zero-order valence-electron chi connectivity index (χ0n) is 15.3. The van der Waals surface area contributed by atoms with Crippen LogP contribution in [0.2, 0.25) is 0 Å². The molecular formula is C18H20O8S. The van der Waals surface area contributed by atoms with Crippen molar-refractivity contribution in [3.05, 3.63) is 27.5 Å². The van der Waals surface area contributed by atoms with Gasteiger partial charge in [-0.05, 0) is 19.1 Å². The predicted molar refractivity (Wildman–Crippen MR) is 94.8 cm³/mol. The molecule has 0 fully saturated rings. The summed E-state index contributed by atoms with van der Waals surface area (Å²) in [6.45, 7) is 5.26. The number of esters is 3. The number of fused-ring (bicyclic) bond motifs is 1. The molecule has 0 saturated carbocycles. The Labute approximate surface area is 159 Å². The number of carboxylic acids is 1. The third-order valence-electron chi connectivity index (χ3n) is 3.90. The number of hydrogen-bond donors (Lipinski definition) is 1. The second-order valence-corrected chi connectivity index (χ2v) is 7.15. The lowest BCUT2D eigenvalue weighted by Gasteiger charge is -2.39. The lowest BCUT2D eigenvalue weighted by molar-refractivity contribution is -0.195. The number of allylic oxidation sites excluding steroid dienone is 1. The summed E-state index contributed by atoms with van der Waals surface area (Å²) in [6.07, 6.45) is 1.02. The molecule has 0 amide bonds. The summed E-state index contributed by atoms with van der Waals surface area (Å²) in [7, 11) is 0. The normalized spacial score (nSPS) is 24.1. The van der Waals surface area contributed by atoms with Crippen molar-refractivity contribution in [2.75, 3.05) is 0 Å². The molecule has 146 valence electrons. The van der Waals surface area contributed by atoms with Crippen LogP contribution >= 0.6 is 11.3 Å². The van der Waals surface area contributed by atoms with E-state index in [9.17, 15) is 24.3 Å². The first-order valence-corrected chi connectivity index (χ1v) is 8.96. The fourth-order valence-electron chi connectivity index (χ4n) is 3.08. The van der Waals surface area contributed by atoms with Crippen LogP contribution in [0.5, 0.6) is 0 Å². The van der Waals surface area contributed by atoms with Gasteiger partial charge in [-0.1, -0.05) is 6.08 Å². The molecule has 9 heteroatoms. The van der Waals surface area contributed by atoms with Crippen LogP contribution in [0.4, 0.5) is 0 Å². The van der Waals surface area contributed by atoms with E-state index in [1.54, 1.807) is 25.1 Å². The van der Waals surface area contributed by atoms with Gasteiger partial charge in [-0.2, -0.15) is 0 Å². The first-order chi connectivity index (χ1) is 12.6. The minimum Gasteiger partial charge on any atom is -0.478 e. The third kappa shape index (κ3) is 4.19. The highest BCUT2D eigenvalue weighted by Crippen LogP contribution is 2.49. The van der Waals surface area contributed by atoms with Gasteiger partial charge in [-0.25, -0.2) is 4.79 Å². The van der Waals surface area contributed by atoms with Crippen LogP contribution in [-0.4, -0.2) is 35.1 Å². The summed E-state index contributed by atoms with van der Waals surface area (Å²) in [4.78, 5) is 48.0. The molecule has 1 aromatic rings. The van der Waals surface area contributed by atoms with Crippen molar-refractivity contribution in [3.8, 4) is 0 Å². The van der Waals surface area contributed by atoms with Crippen molar-refractivity contribution < 1.29 is 38.5 Å². The third-order valence-corrected chi connectivity index (χ3v) is 5.07. The molecule has 1 aromatic heterocycles. The Balaban J connectivity index is 2.72. The second kappa shape index (κ2) is 7.91. The van der Waals surface area contributed by atoms with E-state index < -0.39 is 41.7 Å². The summed E-state index contributed by atoms with van der Waals surface area (Å²) in [5, 5.41) is 9.90. The van der Waals surface area contributed by atoms with Crippen molar-refractivity contribution in [2.24, 2.45) is 0 Å². The monoisotopic (exact) mass is 396 g/mol. The van der Waals surface area contributed by atoms with Crippen LogP contribution in [0, 0.1) is 0 Å². The molecule has 0 aliphatic heterocycles. The molecule has 2 rings (SSSR count). The van der Waals surface area contributed by atoms with Gasteiger partial charge in [0.15, 0.2) is 6.10 Å². The Hall–Kier alpha value is -2.68. The van der Waals surface area contributed by atoms with Crippen molar-refractivity contribution in [3.63, 3.8) is 0 Å². The van der Waals surface area contributed by atoms with E-state index in [0.717, 1.165) is 13.8 Å². The number of carbonyl (C=O) groups is 4. The van der Waals surface area contributed by atoms with Gasteiger partial charge in [0.2, 0.25) is 5.60 Å². The Bertz CT molecular complexity index is 808. The lowest BCUT2D eigenvalue weighted by Crippen LogP contribution is -2.49. The zero-order chi connectivity index (χ0) is 20.4. The number of carboxylic acid groups (broad SMARTS) is 1. The highest BCUT2D eigenvalue weighted by Gasteiger charge is 2.56. The van der Waals surface area contributed by atoms with Gasteiger partial charge in [0, 0.05) is 37.6 Å². The number of ether oxygens (including phenoxy) is 3. The Morgan fingerprint density at radius 1 is 1.15 bits per heavy atom. The minimum atomic E-state index is -2.05. The molecule has 0 spiro atoms. The molecule has 0 radical (unpaired) electrons. The van der Waals surface area contributed by atoms with Gasteiger partial charge in [0.25, 0.3) is 0 Å². The van der Waals surface area contributed by atoms with E-state index in [2.05, 4.69) is 0 Å². The number of aliphatic carboxylic acids is 1. The Morgan fingerprint density at radius 3 is 2.26 bits per heavy atom. The molecule has 3 atom stereocenters. The molecule has 1 N–H and O–H groups in total. The predicted octanol–water partition coefficient (Wildman–Crippen LogP) is 2.56. The van der Waals surface area contributed by atoms with Gasteiger partial charge in [0.1, 0.15) is 6.10 Å². The zero-order valence-corrected chi connectivity index (χ0v) is 16.1. The smallest absolute Gasteiger partial charge is 0.353 e. The van der Waals surface area contributed by atoms with Crippen molar-refractivity contribution >= 4 is 41.3 Å². The second-order valence-electron chi connectivity index (χ2n) is 6.03. The van der Waals surface area contributed by atoms with Crippen LogP contribution < -0.4 is 0 Å². The first kappa shape index (κ1) is 20.6. The summed E-state index contributed by atoms with van der Waals surface area (Å²) < 4.78 is 15.8. The number of rotatable bonds is 5. The standard InChI is InChI=1S/C18H20O8S/c1-5-6-12-7-13-16(27-12)15(25-10(3)20)14(24-9(2)19)8-18(13,17(22)23)26-11(4)21/h5-7,14-15H,8H2,1-4H3,(H,22,23)/b6-5+/t14-,15+,18-/m1/s1. The van der Waals surface area contributed by atoms with Gasteiger partial charge in [-0.15, -0.1) is 11.3 Å². The average Bonchev–Trinajstić information content (AvgIpc) is 2.94. The molecule has 0 unspecified atom stereocenters. The highest BCUT2D eigenvalue weighted by molar-refractivity contribution is 7.13. The maximum absolute atomic E-state index is 12.2. The van der Waals surface area contributed by atoms with Crippen molar-refractivity contribution in [2.45, 2.75) is 51.9 Å². The van der Waals surface area contributed by atoms with Gasteiger partial charge < -0.3 is 19.3 Å². The highest BCUT2D eigenvalue weighted by atomic mass is 32.1.